The summed E-state index contributed by atoms with van der Waals surface area (Å²) in [6.07, 6.45) is -0.629. The molecule has 10 nitrogen and oxygen atoms in total. The van der Waals surface area contributed by atoms with E-state index in [2.05, 4.69) is 37.2 Å². The van der Waals surface area contributed by atoms with Crippen molar-refractivity contribution in [3.63, 3.8) is 0 Å². The van der Waals surface area contributed by atoms with Crippen LogP contribution in [0.5, 0.6) is 5.75 Å². The number of benzene rings is 5. The number of aromatic nitrogens is 2. The highest BCUT2D eigenvalue weighted by Crippen LogP contribution is 2.61. The van der Waals surface area contributed by atoms with E-state index in [4.69, 9.17) is 9.47 Å². The van der Waals surface area contributed by atoms with Crippen molar-refractivity contribution in [3.05, 3.63) is 149 Å². The Hall–Kier alpha value is -5.75. The zero-order valence-corrected chi connectivity index (χ0v) is 33.0. The smallest absolute Gasteiger partial charge is 0.279 e. The van der Waals surface area contributed by atoms with Gasteiger partial charge in [-0.05, 0) is 65.7 Å². The average Bonchev–Trinajstić information content (AvgIpc) is 3.80. The van der Waals surface area contributed by atoms with E-state index in [1.165, 1.54) is 4.68 Å². The van der Waals surface area contributed by atoms with Crippen LogP contribution in [0.4, 0.5) is 11.4 Å². The Morgan fingerprint density at radius 3 is 2.25 bits per heavy atom. The molecule has 11 heteroatoms. The molecule has 0 radical (unpaired) electrons. The first-order chi connectivity index (χ1) is 27.1. The number of aliphatic hydroxyl groups excluding tert-OH is 1. The summed E-state index contributed by atoms with van der Waals surface area (Å²) >= 11 is 0. The monoisotopic (exact) mass is 766 g/mol. The lowest BCUT2D eigenvalue weighted by atomic mass is 9.82. The molecule has 0 bridgehead atoms. The molecule has 8 rings (SSSR count). The highest BCUT2D eigenvalue weighted by atomic mass is 28.3. The Labute approximate surface area is 326 Å². The summed E-state index contributed by atoms with van der Waals surface area (Å²) in [5, 5.41) is 15.0. The molecule has 2 aliphatic heterocycles. The second kappa shape index (κ2) is 14.7. The second-order valence-corrected chi connectivity index (χ2v) is 20.0. The molecule has 0 saturated carbocycles. The van der Waals surface area contributed by atoms with Gasteiger partial charge in [-0.3, -0.25) is 24.4 Å². The largest absolute Gasteiger partial charge is 0.497 e. The topological polar surface area (TPSA) is 117 Å². The molecular formula is C45H46N4O6Si. The Kier molecular flexibility index (Phi) is 9.77. The normalized spacial score (nSPS) is 20.5. The minimum atomic E-state index is -2.59. The summed E-state index contributed by atoms with van der Waals surface area (Å²) < 4.78 is 14.3. The number of fused-ring (bicyclic) bond motifs is 3. The number of hydrogen-bond donors (Lipinski definition) is 2. The average molecular weight is 767 g/mol. The van der Waals surface area contributed by atoms with E-state index >= 15 is 4.79 Å². The SMILES string of the molecule is COc1ccc([Si](C)(C)[C@H]2[C@H](CC(=O)N(CCO)Cc3ccccc3)O[C@@]3(C(=O)N(c4ccccc4)c4ccc(-n5[nH]c6ccccc6c5=O)cc43)[C@@H]2C)cc1. The molecule has 56 heavy (non-hydrogen) atoms. The number of nitrogens with one attached hydrogen (secondary N) is 1. The summed E-state index contributed by atoms with van der Waals surface area (Å²) in [5.41, 5.74) is 2.35. The summed E-state index contributed by atoms with van der Waals surface area (Å²) in [6.45, 7) is 6.96. The van der Waals surface area contributed by atoms with E-state index < -0.39 is 19.8 Å². The lowest BCUT2D eigenvalue weighted by molar-refractivity contribution is -0.149. The zero-order chi connectivity index (χ0) is 39.2. The van der Waals surface area contributed by atoms with E-state index in [-0.39, 0.29) is 48.4 Å². The van der Waals surface area contributed by atoms with Crippen LogP contribution in [0.1, 0.15) is 24.5 Å². The second-order valence-electron chi connectivity index (χ2n) is 15.4. The number of carbonyl (C=O) groups excluding carboxylic acids is 2. The van der Waals surface area contributed by atoms with E-state index in [9.17, 15) is 14.7 Å². The number of anilines is 2. The van der Waals surface area contributed by atoms with Crippen molar-refractivity contribution in [2.24, 2.45) is 5.92 Å². The van der Waals surface area contributed by atoms with E-state index in [0.29, 0.717) is 40.1 Å². The molecule has 1 fully saturated rings. The first-order valence-electron chi connectivity index (χ1n) is 19.1. The summed E-state index contributed by atoms with van der Waals surface area (Å²) in [6, 6.07) is 40.4. The van der Waals surface area contributed by atoms with Crippen LogP contribution < -0.4 is 20.4 Å². The third-order valence-corrected chi connectivity index (χ3v) is 16.3. The maximum absolute atomic E-state index is 15.4. The molecule has 4 atom stereocenters. The first-order valence-corrected chi connectivity index (χ1v) is 22.2. The number of aliphatic hydroxyl groups is 1. The predicted octanol–water partition coefficient (Wildman–Crippen LogP) is 6.63. The van der Waals surface area contributed by atoms with Gasteiger partial charge in [0, 0.05) is 30.3 Å². The van der Waals surface area contributed by atoms with Crippen molar-refractivity contribution in [1.29, 1.82) is 0 Å². The zero-order valence-electron chi connectivity index (χ0n) is 32.0. The fraction of sp³-hybridized carbons (Fsp3) is 0.267. The van der Waals surface area contributed by atoms with Crippen molar-refractivity contribution in [2.75, 3.05) is 25.2 Å². The number of H-pyrrole nitrogens is 1. The lowest BCUT2D eigenvalue weighted by Crippen LogP contribution is -2.52. The standard InChI is InChI=1S/C45H46N4O6Si/c1-30-42(56(3,4)35-22-20-34(54-2)21-23-35)40(28-41(51)47(25-26-50)29-31-13-7-5-8-14-31)55-45(30)37-27-33(49-43(52)36-17-11-12-18-38(36)46-49)19-24-39(37)48(44(45)53)32-15-9-6-10-16-32/h5-24,27,30,40,42,46,50H,25-26,28-29H2,1-4H3/t30-,40+,42-,45+/m1/s1. The van der Waals surface area contributed by atoms with Crippen LogP contribution in [0, 0.1) is 5.92 Å². The van der Waals surface area contributed by atoms with Gasteiger partial charge in [0.05, 0.1) is 56.6 Å². The fourth-order valence-electron chi connectivity index (χ4n) is 9.16. The third-order valence-electron chi connectivity index (χ3n) is 11.9. The summed E-state index contributed by atoms with van der Waals surface area (Å²) in [5.74, 6) is -0.0377. The third kappa shape index (κ3) is 6.16. The molecule has 3 heterocycles. The van der Waals surface area contributed by atoms with Gasteiger partial charge in [-0.25, -0.2) is 4.68 Å². The van der Waals surface area contributed by atoms with Gasteiger partial charge in [-0.2, -0.15) is 0 Å². The highest BCUT2D eigenvalue weighted by Gasteiger charge is 2.67. The van der Waals surface area contributed by atoms with Gasteiger partial charge in [0.1, 0.15) is 5.75 Å². The van der Waals surface area contributed by atoms with E-state index in [0.717, 1.165) is 16.5 Å². The van der Waals surface area contributed by atoms with E-state index in [1.807, 2.05) is 109 Å². The first kappa shape index (κ1) is 37.2. The highest BCUT2D eigenvalue weighted by molar-refractivity contribution is 6.91. The molecule has 286 valence electrons. The Morgan fingerprint density at radius 1 is 0.893 bits per heavy atom. The van der Waals surface area contributed by atoms with E-state index in [1.54, 1.807) is 23.0 Å². The number of carbonyl (C=O) groups is 2. The molecule has 1 spiro atoms. The minimum absolute atomic E-state index is 0.0191. The minimum Gasteiger partial charge on any atom is -0.497 e. The van der Waals surface area contributed by atoms with Crippen LogP contribution >= 0.6 is 0 Å². The predicted molar refractivity (Wildman–Crippen MR) is 221 cm³/mol. The molecule has 2 N–H and O–H groups in total. The molecule has 0 aliphatic carbocycles. The Bertz CT molecular complexity index is 2450. The lowest BCUT2D eigenvalue weighted by Gasteiger charge is -2.37. The van der Waals surface area contributed by atoms with Gasteiger partial charge >= 0.3 is 0 Å². The maximum atomic E-state index is 15.4. The number of aromatic amines is 1. The molecule has 1 saturated heterocycles. The molecule has 2 amide bonds. The van der Waals surface area contributed by atoms with Crippen LogP contribution in [-0.2, 0) is 26.5 Å². The summed E-state index contributed by atoms with van der Waals surface area (Å²) in [4.78, 5) is 47.0. The van der Waals surface area contributed by atoms with Gasteiger partial charge < -0.3 is 19.5 Å². The van der Waals surface area contributed by atoms with Gasteiger partial charge in [-0.1, -0.05) is 98.0 Å². The Morgan fingerprint density at radius 2 is 1.57 bits per heavy atom. The van der Waals surface area contributed by atoms with Crippen LogP contribution in [0.25, 0.3) is 16.6 Å². The van der Waals surface area contributed by atoms with Gasteiger partial charge in [0.2, 0.25) is 5.91 Å². The van der Waals surface area contributed by atoms with Crippen molar-refractivity contribution < 1.29 is 24.2 Å². The molecule has 1 aromatic heterocycles. The molecular weight excluding hydrogens is 721 g/mol. The van der Waals surface area contributed by atoms with Crippen LogP contribution in [0.3, 0.4) is 0 Å². The molecule has 0 unspecified atom stereocenters. The van der Waals surface area contributed by atoms with Crippen molar-refractivity contribution in [3.8, 4) is 11.4 Å². The Balaban J connectivity index is 1.28. The molecule has 5 aromatic carbocycles. The van der Waals surface area contributed by atoms with Gasteiger partial charge in [0.15, 0.2) is 5.60 Å². The number of methoxy groups -OCH3 is 1. The number of hydrogen-bond acceptors (Lipinski definition) is 6. The van der Waals surface area contributed by atoms with Crippen molar-refractivity contribution in [2.45, 2.75) is 50.2 Å². The fourth-order valence-corrected chi connectivity index (χ4v) is 13.2. The number of ether oxygens (including phenoxy) is 2. The number of rotatable bonds is 11. The molecule has 2 aliphatic rings. The van der Waals surface area contributed by atoms with Crippen LogP contribution in [0.15, 0.2) is 132 Å². The van der Waals surface area contributed by atoms with Crippen LogP contribution in [-0.4, -0.2) is 66.0 Å². The maximum Gasteiger partial charge on any atom is 0.279 e. The van der Waals surface area contributed by atoms with Gasteiger partial charge in [-0.15, -0.1) is 0 Å². The van der Waals surface area contributed by atoms with Crippen molar-refractivity contribution in [1.82, 2.24) is 14.7 Å². The number of nitrogens with zero attached hydrogens (tertiary/aromatic N) is 3. The van der Waals surface area contributed by atoms with Gasteiger partial charge in [0.25, 0.3) is 11.5 Å². The summed E-state index contributed by atoms with van der Waals surface area (Å²) in [7, 11) is -0.948. The van der Waals surface area contributed by atoms with Crippen LogP contribution in [0.2, 0.25) is 18.6 Å². The molecule has 6 aromatic rings. The number of amides is 2. The quantitative estimate of drug-likeness (QED) is 0.143. The number of para-hydroxylation sites is 2. The van der Waals surface area contributed by atoms with Crippen molar-refractivity contribution >= 4 is 47.4 Å².